The highest BCUT2D eigenvalue weighted by molar-refractivity contribution is 7.98. The molecule has 2 nitrogen and oxygen atoms in total. The molecule has 1 rings (SSSR count). The Balaban J connectivity index is 2.51. The van der Waals surface area contributed by atoms with E-state index in [9.17, 15) is 8.60 Å². The number of hydrogen-bond acceptors (Lipinski definition) is 1. The van der Waals surface area contributed by atoms with Crippen LogP contribution in [0.25, 0.3) is 0 Å². The van der Waals surface area contributed by atoms with Crippen molar-refractivity contribution in [3.05, 3.63) is 0 Å². The minimum absolute atomic E-state index is 0.369. The molecule has 18 heavy (non-hydrogen) atoms. The van der Waals surface area contributed by atoms with E-state index in [-0.39, 0.29) is 0 Å². The molecule has 0 aromatic heterocycles. The fourth-order valence-corrected chi connectivity index (χ4v) is 4.49. The van der Waals surface area contributed by atoms with E-state index in [1.807, 2.05) is 11.4 Å². The first kappa shape index (κ1) is 16.0. The molecule has 0 aliphatic heterocycles. The Kier molecular flexibility index (Phi) is 5.24. The van der Waals surface area contributed by atoms with Gasteiger partial charge in [-0.05, 0) is 57.4 Å². The third kappa shape index (κ3) is 4.88. The largest absolute Gasteiger partial charge is 0.253 e. The quantitative estimate of drug-likeness (QED) is 0.707. The van der Waals surface area contributed by atoms with Crippen LogP contribution in [0.15, 0.2) is 0 Å². The topological polar surface area (TPSA) is 20.3 Å². The zero-order chi connectivity index (χ0) is 14.0. The number of halogens is 1. The molecule has 0 N–H and O–H groups in total. The van der Waals surface area contributed by atoms with Crippen LogP contribution < -0.4 is 0 Å². The summed E-state index contributed by atoms with van der Waals surface area (Å²) in [4.78, 5) is 0. The van der Waals surface area contributed by atoms with Crippen LogP contribution in [0.3, 0.4) is 0 Å². The summed E-state index contributed by atoms with van der Waals surface area (Å²) in [5, 5.41) is 0. The monoisotopic (exact) mass is 277 g/mol. The molecule has 1 fully saturated rings. The molecular weight excluding hydrogens is 249 g/mol. The average Bonchev–Trinajstić information content (AvgIpc) is 2.20. The Hall–Kier alpha value is -0.0900. The second kappa shape index (κ2) is 5.91. The molecule has 0 amide bonds. The van der Waals surface area contributed by atoms with Crippen molar-refractivity contribution >= 4 is 15.6 Å². The fourth-order valence-electron chi connectivity index (χ4n) is 2.59. The standard InChI is InChI=1S/C14H28FNOS/c1-12(2)10-16(4)18(5,17)11-13-6-8-14(3,15)9-7-13/h12-13H,5-11H2,1-4H3. The molecule has 1 aliphatic carbocycles. The SMILES string of the molecule is C=S(=O)(CC1CCC(C)(F)CC1)N(C)CC(C)C. The molecule has 0 heterocycles. The molecule has 0 spiro atoms. The van der Waals surface area contributed by atoms with Crippen molar-refractivity contribution in [3.63, 3.8) is 0 Å². The molecule has 1 saturated carbocycles. The molecular formula is C14H28FNOS. The van der Waals surface area contributed by atoms with Gasteiger partial charge in [-0.1, -0.05) is 13.8 Å². The van der Waals surface area contributed by atoms with Gasteiger partial charge >= 0.3 is 0 Å². The van der Waals surface area contributed by atoms with Crippen molar-refractivity contribution in [2.75, 3.05) is 19.3 Å². The van der Waals surface area contributed by atoms with Crippen molar-refractivity contribution in [1.29, 1.82) is 0 Å². The first-order valence-electron chi connectivity index (χ1n) is 6.87. The van der Waals surface area contributed by atoms with Gasteiger partial charge in [0.15, 0.2) is 0 Å². The zero-order valence-electron chi connectivity index (χ0n) is 12.2. The van der Waals surface area contributed by atoms with Crippen molar-refractivity contribution in [3.8, 4) is 0 Å². The highest BCUT2D eigenvalue weighted by Gasteiger charge is 2.32. The summed E-state index contributed by atoms with van der Waals surface area (Å²) in [5.74, 6) is 5.38. The van der Waals surface area contributed by atoms with Gasteiger partial charge in [0.05, 0.1) is 0 Å². The normalized spacial score (nSPS) is 32.7. The van der Waals surface area contributed by atoms with Crippen molar-refractivity contribution < 1.29 is 8.60 Å². The van der Waals surface area contributed by atoms with Crippen LogP contribution in [-0.2, 0) is 9.71 Å². The third-order valence-corrected chi connectivity index (χ3v) is 6.11. The molecule has 0 radical (unpaired) electrons. The van der Waals surface area contributed by atoms with Gasteiger partial charge in [-0.25, -0.2) is 8.70 Å². The minimum atomic E-state index is -2.18. The summed E-state index contributed by atoms with van der Waals surface area (Å²) >= 11 is 0. The Morgan fingerprint density at radius 3 is 2.39 bits per heavy atom. The van der Waals surface area contributed by atoms with Crippen LogP contribution in [-0.4, -0.2) is 39.4 Å². The van der Waals surface area contributed by atoms with Crippen molar-refractivity contribution in [2.24, 2.45) is 11.8 Å². The molecule has 0 bridgehead atoms. The van der Waals surface area contributed by atoms with Gasteiger partial charge in [0.1, 0.15) is 5.67 Å². The summed E-state index contributed by atoms with van der Waals surface area (Å²) in [5.41, 5.74) is -1.01. The predicted molar refractivity (Wildman–Crippen MR) is 79.1 cm³/mol. The van der Waals surface area contributed by atoms with Gasteiger partial charge in [0.2, 0.25) is 0 Å². The third-order valence-electron chi connectivity index (χ3n) is 3.83. The first-order chi connectivity index (χ1) is 8.12. The van der Waals surface area contributed by atoms with Crippen LogP contribution in [0.1, 0.15) is 46.5 Å². The number of rotatable bonds is 5. The summed E-state index contributed by atoms with van der Waals surface area (Å²) < 4.78 is 28.2. The lowest BCUT2D eigenvalue weighted by molar-refractivity contribution is 0.109. The van der Waals surface area contributed by atoms with Gasteiger partial charge in [0.25, 0.3) is 0 Å². The van der Waals surface area contributed by atoms with Gasteiger partial charge < -0.3 is 0 Å². The van der Waals surface area contributed by atoms with E-state index in [2.05, 4.69) is 19.7 Å². The molecule has 108 valence electrons. The molecule has 1 atom stereocenters. The van der Waals surface area contributed by atoms with Crippen molar-refractivity contribution in [1.82, 2.24) is 4.31 Å². The van der Waals surface area contributed by atoms with Gasteiger partial charge in [-0.2, -0.15) is 0 Å². The molecule has 1 unspecified atom stereocenters. The Bertz CT molecular complexity index is 352. The second-order valence-corrected chi connectivity index (χ2v) is 9.00. The van der Waals surface area contributed by atoms with Gasteiger partial charge in [0, 0.05) is 22.0 Å². The zero-order valence-corrected chi connectivity index (χ0v) is 13.1. The van der Waals surface area contributed by atoms with E-state index < -0.39 is 15.4 Å². The van der Waals surface area contributed by atoms with E-state index in [1.165, 1.54) is 0 Å². The van der Waals surface area contributed by atoms with E-state index in [0.717, 1.165) is 19.4 Å². The van der Waals surface area contributed by atoms with E-state index in [1.54, 1.807) is 6.92 Å². The smallest absolute Gasteiger partial charge is 0.108 e. The molecule has 4 heteroatoms. The maximum atomic E-state index is 13.7. The van der Waals surface area contributed by atoms with Crippen molar-refractivity contribution in [2.45, 2.75) is 52.1 Å². The van der Waals surface area contributed by atoms with E-state index >= 15 is 0 Å². The van der Waals surface area contributed by atoms with E-state index in [4.69, 9.17) is 0 Å². The van der Waals surface area contributed by atoms with Crippen LogP contribution in [0.5, 0.6) is 0 Å². The Labute approximate surface area is 112 Å². The van der Waals surface area contributed by atoms with Crippen LogP contribution >= 0.6 is 0 Å². The fraction of sp³-hybridized carbons (Fsp3) is 0.929. The number of hydrogen-bond donors (Lipinski definition) is 0. The summed E-state index contributed by atoms with van der Waals surface area (Å²) in [6, 6.07) is 0. The minimum Gasteiger partial charge on any atom is -0.253 e. The predicted octanol–water partition coefficient (Wildman–Crippen LogP) is 3.12. The highest BCUT2D eigenvalue weighted by Crippen LogP contribution is 2.35. The number of nitrogens with zero attached hydrogens (tertiary/aromatic N) is 1. The second-order valence-electron chi connectivity index (χ2n) is 6.50. The summed E-state index contributed by atoms with van der Waals surface area (Å²) in [6.07, 6.45) is 2.88. The van der Waals surface area contributed by atoms with Crippen LogP contribution in [0, 0.1) is 11.8 Å². The number of alkyl halides is 1. The lowest BCUT2D eigenvalue weighted by atomic mass is 9.82. The Morgan fingerprint density at radius 2 is 1.94 bits per heavy atom. The lowest BCUT2D eigenvalue weighted by Gasteiger charge is -2.33. The Morgan fingerprint density at radius 1 is 1.44 bits per heavy atom. The summed E-state index contributed by atoms with van der Waals surface area (Å²) in [7, 11) is -0.295. The summed E-state index contributed by atoms with van der Waals surface area (Å²) in [6.45, 7) is 6.70. The van der Waals surface area contributed by atoms with E-state index in [0.29, 0.717) is 30.4 Å². The molecule has 0 saturated heterocycles. The highest BCUT2D eigenvalue weighted by atomic mass is 32.2. The van der Waals surface area contributed by atoms with Gasteiger partial charge in [-0.3, -0.25) is 4.21 Å². The van der Waals surface area contributed by atoms with Crippen LogP contribution in [0.4, 0.5) is 4.39 Å². The molecule has 0 aromatic rings. The van der Waals surface area contributed by atoms with Gasteiger partial charge in [-0.15, -0.1) is 0 Å². The first-order valence-corrected chi connectivity index (χ1v) is 8.73. The molecule has 1 aliphatic rings. The maximum Gasteiger partial charge on any atom is 0.108 e. The lowest BCUT2D eigenvalue weighted by Crippen LogP contribution is -2.36. The maximum absolute atomic E-state index is 13.7. The molecule has 0 aromatic carbocycles. The average molecular weight is 277 g/mol. The van der Waals surface area contributed by atoms with Crippen LogP contribution in [0.2, 0.25) is 0 Å².